The molecule has 1 N–H and O–H groups in total. The van der Waals surface area contributed by atoms with Gasteiger partial charge < -0.3 is 9.84 Å². The third-order valence-electron chi connectivity index (χ3n) is 5.15. The minimum Gasteiger partial charge on any atom is -0.503 e. The van der Waals surface area contributed by atoms with Gasteiger partial charge >= 0.3 is 0 Å². The van der Waals surface area contributed by atoms with E-state index in [1.165, 1.54) is 13.3 Å². The van der Waals surface area contributed by atoms with Crippen LogP contribution in [-0.2, 0) is 9.59 Å². The molecule has 1 heterocycles. The first-order valence-corrected chi connectivity index (χ1v) is 9.37. The molecule has 1 aromatic rings. The Morgan fingerprint density at radius 2 is 1.80 bits per heavy atom. The summed E-state index contributed by atoms with van der Waals surface area (Å²) in [5, 5.41) is 15.1. The zero-order chi connectivity index (χ0) is 17.9. The van der Waals surface area contributed by atoms with Crippen molar-refractivity contribution < 1.29 is 19.4 Å². The number of methoxy groups -OCH3 is 1. The third-order valence-corrected chi connectivity index (χ3v) is 7.31. The molecule has 1 aliphatic heterocycles. The zero-order valence-electron chi connectivity index (χ0n) is 13.1. The number of aromatic hydroxyl groups is 1. The molecular formula is C17H14Br2N2O4. The quantitative estimate of drug-likeness (QED) is 0.419. The number of rotatable bonds is 3. The summed E-state index contributed by atoms with van der Waals surface area (Å²) in [6.07, 6.45) is 6.40. The van der Waals surface area contributed by atoms with Crippen molar-refractivity contribution >= 4 is 49.9 Å². The maximum Gasteiger partial charge on any atom is 0.254 e. The van der Waals surface area contributed by atoms with Gasteiger partial charge in [0.1, 0.15) is 0 Å². The molecule has 4 rings (SSSR count). The lowest BCUT2D eigenvalue weighted by Crippen LogP contribution is -2.28. The van der Waals surface area contributed by atoms with Crippen LogP contribution in [0.2, 0.25) is 0 Å². The molecule has 2 bridgehead atoms. The summed E-state index contributed by atoms with van der Waals surface area (Å²) >= 11 is 6.63. The first-order chi connectivity index (χ1) is 11.9. The molecule has 1 saturated carbocycles. The number of phenols is 1. The van der Waals surface area contributed by atoms with Crippen molar-refractivity contribution in [1.82, 2.24) is 5.01 Å². The minimum atomic E-state index is -0.274. The van der Waals surface area contributed by atoms with Gasteiger partial charge in [0.05, 0.1) is 29.6 Å². The maximum absolute atomic E-state index is 12.6. The smallest absolute Gasteiger partial charge is 0.254 e. The molecular weight excluding hydrogens is 456 g/mol. The van der Waals surface area contributed by atoms with Crippen LogP contribution >= 0.6 is 31.9 Å². The molecule has 2 amide bonds. The second kappa shape index (κ2) is 5.95. The zero-order valence-corrected chi connectivity index (χ0v) is 16.3. The summed E-state index contributed by atoms with van der Waals surface area (Å²) < 4.78 is 6.07. The van der Waals surface area contributed by atoms with E-state index < -0.39 is 0 Å². The number of phenolic OH excluding ortho intramolecular Hbond substituents is 1. The number of carbonyl (C=O) groups excluding carboxylic acids is 2. The van der Waals surface area contributed by atoms with Gasteiger partial charge in [-0.3, -0.25) is 9.59 Å². The molecule has 1 saturated heterocycles. The van der Waals surface area contributed by atoms with Crippen molar-refractivity contribution in [1.29, 1.82) is 0 Å². The van der Waals surface area contributed by atoms with E-state index in [0.717, 1.165) is 11.4 Å². The largest absolute Gasteiger partial charge is 0.503 e. The first kappa shape index (κ1) is 16.8. The van der Waals surface area contributed by atoms with E-state index in [4.69, 9.17) is 4.74 Å². The van der Waals surface area contributed by atoms with Crippen LogP contribution in [0.1, 0.15) is 12.0 Å². The molecule has 4 unspecified atom stereocenters. The van der Waals surface area contributed by atoms with Crippen LogP contribution in [0.5, 0.6) is 11.5 Å². The number of halogens is 2. The van der Waals surface area contributed by atoms with E-state index in [0.29, 0.717) is 14.5 Å². The van der Waals surface area contributed by atoms with Gasteiger partial charge in [-0.05, 0) is 56.2 Å². The van der Waals surface area contributed by atoms with Crippen LogP contribution in [0.3, 0.4) is 0 Å². The molecule has 0 spiro atoms. The molecule has 3 aliphatic rings. The van der Waals surface area contributed by atoms with Gasteiger partial charge in [0.15, 0.2) is 11.5 Å². The standard InChI is InChI=1S/C17H14Br2N2O4/c1-25-10-5-9(13(18)14(19)15(10)22)6-20-21-16(23)11-7-2-3-8(4-7)12(11)17(21)24/h2-3,5-8,11-12,22H,4H2,1H3/b20-6+. The highest BCUT2D eigenvalue weighted by Crippen LogP contribution is 2.52. The molecule has 2 aliphatic carbocycles. The topological polar surface area (TPSA) is 79.2 Å². The van der Waals surface area contributed by atoms with Crippen LogP contribution in [-0.4, -0.2) is 35.3 Å². The fourth-order valence-corrected chi connectivity index (χ4v) is 4.81. The Bertz CT molecular complexity index is 822. The van der Waals surface area contributed by atoms with Crippen molar-refractivity contribution in [3.63, 3.8) is 0 Å². The number of ether oxygens (including phenoxy) is 1. The van der Waals surface area contributed by atoms with Crippen molar-refractivity contribution in [2.45, 2.75) is 6.42 Å². The summed E-state index contributed by atoms with van der Waals surface area (Å²) in [5.74, 6) is -0.490. The molecule has 6 nitrogen and oxygen atoms in total. The van der Waals surface area contributed by atoms with Crippen LogP contribution in [0.25, 0.3) is 0 Å². The molecule has 4 atom stereocenters. The second-order valence-corrected chi connectivity index (χ2v) is 7.96. The van der Waals surface area contributed by atoms with Gasteiger partial charge in [0.25, 0.3) is 11.8 Å². The Kier molecular flexibility index (Phi) is 3.99. The first-order valence-electron chi connectivity index (χ1n) is 7.79. The van der Waals surface area contributed by atoms with E-state index >= 15 is 0 Å². The number of allylic oxidation sites excluding steroid dienone is 2. The number of fused-ring (bicyclic) bond motifs is 5. The molecule has 0 radical (unpaired) electrons. The van der Waals surface area contributed by atoms with E-state index in [1.54, 1.807) is 6.07 Å². The molecule has 25 heavy (non-hydrogen) atoms. The van der Waals surface area contributed by atoms with Crippen LogP contribution in [0, 0.1) is 23.7 Å². The van der Waals surface area contributed by atoms with Crippen LogP contribution in [0.4, 0.5) is 0 Å². The lowest BCUT2D eigenvalue weighted by molar-refractivity contribution is -0.140. The van der Waals surface area contributed by atoms with E-state index in [-0.39, 0.29) is 47.0 Å². The predicted octanol–water partition coefficient (Wildman–Crippen LogP) is 3.07. The van der Waals surface area contributed by atoms with E-state index in [2.05, 4.69) is 37.0 Å². The van der Waals surface area contributed by atoms with E-state index in [1.807, 2.05) is 12.2 Å². The molecule has 8 heteroatoms. The van der Waals surface area contributed by atoms with Crippen molar-refractivity contribution in [3.8, 4) is 11.5 Å². The number of nitrogens with zero attached hydrogens (tertiary/aromatic N) is 2. The fraction of sp³-hybridized carbons (Fsp3) is 0.353. The predicted molar refractivity (Wildman–Crippen MR) is 97.2 cm³/mol. The number of hydrogen-bond acceptors (Lipinski definition) is 5. The SMILES string of the molecule is COc1cc(/C=N/N2C(=O)C3C4C=CC(C4)C3C2=O)c(Br)c(Br)c1O. The van der Waals surface area contributed by atoms with Gasteiger partial charge in [-0.1, -0.05) is 12.2 Å². The van der Waals surface area contributed by atoms with Crippen LogP contribution < -0.4 is 4.74 Å². The average molecular weight is 470 g/mol. The highest BCUT2D eigenvalue weighted by atomic mass is 79.9. The lowest BCUT2D eigenvalue weighted by Gasteiger charge is -2.13. The lowest BCUT2D eigenvalue weighted by atomic mass is 9.85. The van der Waals surface area contributed by atoms with Crippen LogP contribution in [0.15, 0.2) is 32.3 Å². The number of benzene rings is 1. The summed E-state index contributed by atoms with van der Waals surface area (Å²) in [5.41, 5.74) is 0.570. The number of hydrazone groups is 1. The molecule has 1 aromatic carbocycles. The van der Waals surface area contributed by atoms with Crippen molar-refractivity contribution in [2.75, 3.05) is 7.11 Å². The monoisotopic (exact) mass is 468 g/mol. The average Bonchev–Trinajstić information content (AvgIpc) is 3.28. The summed E-state index contributed by atoms with van der Waals surface area (Å²) in [6, 6.07) is 1.57. The normalized spacial score (nSPS) is 30.0. The minimum absolute atomic E-state index is 0.0444. The van der Waals surface area contributed by atoms with Gasteiger partial charge in [0, 0.05) is 10.0 Å². The second-order valence-electron chi connectivity index (χ2n) is 6.38. The number of carbonyl (C=O) groups is 2. The number of amides is 2. The maximum atomic E-state index is 12.6. The number of hydrogen-bond donors (Lipinski definition) is 1. The fourth-order valence-electron chi connectivity index (χ4n) is 3.98. The highest BCUT2D eigenvalue weighted by molar-refractivity contribution is 9.13. The summed E-state index contributed by atoms with van der Waals surface area (Å²) in [7, 11) is 1.44. The van der Waals surface area contributed by atoms with Crippen molar-refractivity contribution in [3.05, 3.63) is 32.7 Å². The Hall–Kier alpha value is -1.67. The van der Waals surface area contributed by atoms with E-state index in [9.17, 15) is 14.7 Å². The molecule has 130 valence electrons. The Labute approximate surface area is 160 Å². The van der Waals surface area contributed by atoms with Gasteiger partial charge in [-0.15, -0.1) is 0 Å². The van der Waals surface area contributed by atoms with Gasteiger partial charge in [0.2, 0.25) is 0 Å². The third kappa shape index (κ3) is 2.38. The molecule has 0 aromatic heterocycles. The van der Waals surface area contributed by atoms with Gasteiger partial charge in [-0.25, -0.2) is 0 Å². The summed E-state index contributed by atoms with van der Waals surface area (Å²) in [6.45, 7) is 0. The van der Waals surface area contributed by atoms with Gasteiger partial charge in [-0.2, -0.15) is 10.1 Å². The highest BCUT2D eigenvalue weighted by Gasteiger charge is 2.59. The Balaban J connectivity index is 1.64. The molecule has 2 fully saturated rings. The number of imide groups is 1. The Morgan fingerprint density at radius 1 is 1.20 bits per heavy atom. The van der Waals surface area contributed by atoms with Crippen molar-refractivity contribution in [2.24, 2.45) is 28.8 Å². The Morgan fingerprint density at radius 3 is 2.36 bits per heavy atom. The summed E-state index contributed by atoms with van der Waals surface area (Å²) in [4.78, 5) is 25.2.